The van der Waals surface area contributed by atoms with E-state index in [2.05, 4.69) is 31.3 Å². The third kappa shape index (κ3) is 4.70. The SMILES string of the molecule is CCNC(C)C(O)c1ccc(SC(C)C)cc1. The minimum atomic E-state index is -0.437. The van der Waals surface area contributed by atoms with Crippen LogP contribution < -0.4 is 5.32 Å². The summed E-state index contributed by atoms with van der Waals surface area (Å²) in [6.07, 6.45) is -0.437. The van der Waals surface area contributed by atoms with Gasteiger partial charge in [0.05, 0.1) is 6.10 Å². The number of nitrogens with one attached hydrogen (secondary N) is 1. The first-order valence-electron chi connectivity index (χ1n) is 6.22. The van der Waals surface area contributed by atoms with Crippen LogP contribution in [0.2, 0.25) is 0 Å². The fourth-order valence-electron chi connectivity index (χ4n) is 1.74. The third-order valence-electron chi connectivity index (χ3n) is 2.59. The molecular weight excluding hydrogens is 230 g/mol. The lowest BCUT2D eigenvalue weighted by Gasteiger charge is -2.20. The van der Waals surface area contributed by atoms with E-state index >= 15 is 0 Å². The maximum atomic E-state index is 10.1. The van der Waals surface area contributed by atoms with Gasteiger partial charge in [0, 0.05) is 16.2 Å². The summed E-state index contributed by atoms with van der Waals surface area (Å²) in [4.78, 5) is 1.26. The summed E-state index contributed by atoms with van der Waals surface area (Å²) in [5, 5.41) is 13.9. The molecule has 2 N–H and O–H groups in total. The number of likely N-dealkylation sites (N-methyl/N-ethyl adjacent to an activating group) is 1. The second-order valence-electron chi connectivity index (χ2n) is 4.53. The second kappa shape index (κ2) is 7.04. The van der Waals surface area contributed by atoms with Crippen molar-refractivity contribution in [1.82, 2.24) is 5.32 Å². The van der Waals surface area contributed by atoms with Crippen molar-refractivity contribution in [1.29, 1.82) is 0 Å². The van der Waals surface area contributed by atoms with Crippen LogP contribution in [0.5, 0.6) is 0 Å². The Labute approximate surface area is 109 Å². The fourth-order valence-corrected chi connectivity index (χ4v) is 2.58. The van der Waals surface area contributed by atoms with Crippen molar-refractivity contribution < 1.29 is 5.11 Å². The van der Waals surface area contributed by atoms with Gasteiger partial charge in [0.1, 0.15) is 0 Å². The molecule has 0 aliphatic carbocycles. The zero-order valence-corrected chi connectivity index (χ0v) is 11.9. The van der Waals surface area contributed by atoms with Crippen LogP contribution in [0.4, 0.5) is 0 Å². The molecule has 0 aromatic heterocycles. The Bertz CT molecular complexity index is 323. The van der Waals surface area contributed by atoms with Gasteiger partial charge in [-0.3, -0.25) is 0 Å². The Balaban J connectivity index is 2.66. The third-order valence-corrected chi connectivity index (χ3v) is 3.61. The van der Waals surface area contributed by atoms with Crippen molar-refractivity contribution in [2.24, 2.45) is 0 Å². The quantitative estimate of drug-likeness (QED) is 0.764. The first-order chi connectivity index (χ1) is 8.04. The minimum Gasteiger partial charge on any atom is -0.387 e. The van der Waals surface area contributed by atoms with E-state index in [-0.39, 0.29) is 6.04 Å². The Kier molecular flexibility index (Phi) is 6.03. The molecule has 0 radical (unpaired) electrons. The van der Waals surface area contributed by atoms with Crippen LogP contribution in [0.25, 0.3) is 0 Å². The second-order valence-corrected chi connectivity index (χ2v) is 6.18. The summed E-state index contributed by atoms with van der Waals surface area (Å²) in [6.45, 7) is 9.29. The Morgan fingerprint density at radius 2 is 1.76 bits per heavy atom. The summed E-state index contributed by atoms with van der Waals surface area (Å²) in [5.41, 5.74) is 0.978. The summed E-state index contributed by atoms with van der Waals surface area (Å²) in [5.74, 6) is 0. The molecular formula is C14H23NOS. The average molecular weight is 253 g/mol. The minimum absolute atomic E-state index is 0.0867. The van der Waals surface area contributed by atoms with E-state index in [4.69, 9.17) is 0 Å². The first-order valence-corrected chi connectivity index (χ1v) is 7.10. The van der Waals surface area contributed by atoms with Gasteiger partial charge in [-0.25, -0.2) is 0 Å². The largest absolute Gasteiger partial charge is 0.387 e. The molecule has 2 unspecified atom stereocenters. The lowest BCUT2D eigenvalue weighted by molar-refractivity contribution is 0.137. The van der Waals surface area contributed by atoms with Crippen molar-refractivity contribution in [2.75, 3.05) is 6.54 Å². The lowest BCUT2D eigenvalue weighted by Crippen LogP contribution is -2.31. The van der Waals surface area contributed by atoms with E-state index in [1.807, 2.05) is 37.7 Å². The summed E-state index contributed by atoms with van der Waals surface area (Å²) in [7, 11) is 0. The van der Waals surface area contributed by atoms with Gasteiger partial charge < -0.3 is 10.4 Å². The van der Waals surface area contributed by atoms with E-state index in [1.165, 1.54) is 4.90 Å². The summed E-state index contributed by atoms with van der Waals surface area (Å²) in [6, 6.07) is 8.29. The van der Waals surface area contributed by atoms with Gasteiger partial charge in [0.25, 0.3) is 0 Å². The number of rotatable bonds is 6. The Hall–Kier alpha value is -0.510. The molecule has 0 saturated carbocycles. The van der Waals surface area contributed by atoms with Crippen molar-refractivity contribution in [3.05, 3.63) is 29.8 Å². The van der Waals surface area contributed by atoms with Gasteiger partial charge in [-0.05, 0) is 31.2 Å². The highest BCUT2D eigenvalue weighted by atomic mass is 32.2. The molecule has 0 aliphatic heterocycles. The van der Waals surface area contributed by atoms with E-state index < -0.39 is 6.10 Å². The molecule has 0 aliphatic rings. The molecule has 0 fully saturated rings. The molecule has 96 valence electrons. The molecule has 2 nitrogen and oxygen atoms in total. The van der Waals surface area contributed by atoms with Crippen molar-refractivity contribution in [3.8, 4) is 0 Å². The van der Waals surface area contributed by atoms with E-state index in [0.717, 1.165) is 12.1 Å². The normalized spacial score (nSPS) is 14.9. The van der Waals surface area contributed by atoms with Crippen LogP contribution in [0.3, 0.4) is 0 Å². The molecule has 0 heterocycles. The van der Waals surface area contributed by atoms with Gasteiger partial charge >= 0.3 is 0 Å². The average Bonchev–Trinajstić information content (AvgIpc) is 2.28. The number of hydrogen-bond acceptors (Lipinski definition) is 3. The number of aliphatic hydroxyl groups excluding tert-OH is 1. The monoisotopic (exact) mass is 253 g/mol. The van der Waals surface area contributed by atoms with Crippen LogP contribution >= 0.6 is 11.8 Å². The highest BCUT2D eigenvalue weighted by Gasteiger charge is 2.14. The number of hydrogen-bond donors (Lipinski definition) is 2. The fraction of sp³-hybridized carbons (Fsp3) is 0.571. The van der Waals surface area contributed by atoms with Crippen LogP contribution in [0.1, 0.15) is 39.4 Å². The van der Waals surface area contributed by atoms with E-state index in [0.29, 0.717) is 5.25 Å². The predicted octanol–water partition coefficient (Wildman–Crippen LogP) is 3.22. The van der Waals surface area contributed by atoms with Crippen LogP contribution in [-0.4, -0.2) is 22.9 Å². The highest BCUT2D eigenvalue weighted by molar-refractivity contribution is 7.99. The van der Waals surface area contributed by atoms with E-state index in [1.54, 1.807) is 0 Å². The molecule has 2 atom stereocenters. The first kappa shape index (κ1) is 14.6. The summed E-state index contributed by atoms with van der Waals surface area (Å²) < 4.78 is 0. The van der Waals surface area contributed by atoms with Gasteiger partial charge in [0.15, 0.2) is 0 Å². The Morgan fingerprint density at radius 1 is 1.18 bits per heavy atom. The van der Waals surface area contributed by atoms with E-state index in [9.17, 15) is 5.11 Å². The standard InChI is InChI=1S/C14H23NOS/c1-5-15-11(4)14(16)12-6-8-13(9-7-12)17-10(2)3/h6-11,14-16H,5H2,1-4H3. The topological polar surface area (TPSA) is 32.3 Å². The molecule has 1 aromatic rings. The number of benzene rings is 1. The van der Waals surface area contributed by atoms with Crippen molar-refractivity contribution >= 4 is 11.8 Å². The van der Waals surface area contributed by atoms with Crippen LogP contribution in [-0.2, 0) is 0 Å². The molecule has 17 heavy (non-hydrogen) atoms. The summed E-state index contributed by atoms with van der Waals surface area (Å²) >= 11 is 1.84. The zero-order valence-electron chi connectivity index (χ0n) is 11.1. The maximum Gasteiger partial charge on any atom is 0.0940 e. The zero-order chi connectivity index (χ0) is 12.8. The maximum absolute atomic E-state index is 10.1. The van der Waals surface area contributed by atoms with Crippen molar-refractivity contribution in [3.63, 3.8) is 0 Å². The molecule has 0 saturated heterocycles. The number of thioether (sulfide) groups is 1. The molecule has 3 heteroatoms. The molecule has 1 rings (SSSR count). The lowest BCUT2D eigenvalue weighted by atomic mass is 10.0. The molecule has 0 amide bonds. The molecule has 1 aromatic carbocycles. The molecule has 0 bridgehead atoms. The molecule has 0 spiro atoms. The predicted molar refractivity (Wildman–Crippen MR) is 75.5 cm³/mol. The van der Waals surface area contributed by atoms with Crippen molar-refractivity contribution in [2.45, 2.75) is 50.0 Å². The van der Waals surface area contributed by atoms with Gasteiger partial charge in [0.2, 0.25) is 0 Å². The van der Waals surface area contributed by atoms with Gasteiger partial charge in [-0.1, -0.05) is 32.9 Å². The van der Waals surface area contributed by atoms with Crippen LogP contribution in [0, 0.1) is 0 Å². The van der Waals surface area contributed by atoms with Gasteiger partial charge in [-0.15, -0.1) is 11.8 Å². The van der Waals surface area contributed by atoms with Crippen LogP contribution in [0.15, 0.2) is 29.2 Å². The van der Waals surface area contributed by atoms with Gasteiger partial charge in [-0.2, -0.15) is 0 Å². The highest BCUT2D eigenvalue weighted by Crippen LogP contribution is 2.25. The Morgan fingerprint density at radius 3 is 2.24 bits per heavy atom. The smallest absolute Gasteiger partial charge is 0.0940 e. The number of aliphatic hydroxyl groups is 1.